The Kier molecular flexibility index (Phi) is 19.8. The summed E-state index contributed by atoms with van der Waals surface area (Å²) in [6.07, 6.45) is 31.7. The molecule has 12 heterocycles. The fraction of sp³-hybridized carbons (Fsp3) is 0.186. The number of phenols is 3. The number of aryl methyl sites for hydroxylation is 5. The number of nitrogens with two attached hydrogens (primary N) is 1. The number of carboxylic acids is 1. The fourth-order valence-electron chi connectivity index (χ4n) is 19.6. The summed E-state index contributed by atoms with van der Waals surface area (Å²) in [7, 11) is 0. The van der Waals surface area contributed by atoms with E-state index in [1.807, 2.05) is 85.7 Å². The lowest BCUT2D eigenvalue weighted by Crippen LogP contribution is -2.08. The van der Waals surface area contributed by atoms with Gasteiger partial charge in [-0.1, -0.05) is 19.1 Å². The molecule has 12 N–H and O–H groups in total. The van der Waals surface area contributed by atoms with E-state index in [1.165, 1.54) is 167 Å². The van der Waals surface area contributed by atoms with Gasteiger partial charge in [0.25, 0.3) is 0 Å². The van der Waals surface area contributed by atoms with E-state index in [4.69, 9.17) is 15.8 Å². The summed E-state index contributed by atoms with van der Waals surface area (Å²) in [5, 5.41) is 67.7. The molecule has 12 aromatic heterocycles. The number of hydrogen-bond acceptors (Lipinski definition) is 14. The second-order valence-electron chi connectivity index (χ2n) is 32.4. The highest BCUT2D eigenvalue weighted by atomic mass is 16.4. The first-order chi connectivity index (χ1) is 59.7. The number of nitrogen functional groups attached to an aromatic ring is 1. The van der Waals surface area contributed by atoms with Gasteiger partial charge in [-0.2, -0.15) is 5.10 Å². The van der Waals surface area contributed by atoms with Gasteiger partial charge in [-0.25, -0.2) is 14.8 Å². The number of pyridine rings is 7. The third-order valence-corrected chi connectivity index (χ3v) is 25.2. The zero-order chi connectivity index (χ0) is 82.8. The Bertz CT molecular complexity index is 7290. The lowest BCUT2D eigenvalue weighted by Gasteiger charge is -2.23. The number of H-pyrrole nitrogens is 5. The van der Waals surface area contributed by atoms with Gasteiger partial charge in [0.1, 0.15) is 28.8 Å². The normalized spacial score (nSPS) is 13.6. The minimum Gasteiger partial charge on any atom is -0.508 e. The van der Waals surface area contributed by atoms with Crippen molar-refractivity contribution < 1.29 is 30.3 Å². The monoisotopic (exact) mass is 1600 g/mol. The van der Waals surface area contributed by atoms with Crippen LogP contribution in [0, 0.1) is 6.92 Å². The number of aromatic nitrogens is 13. The van der Waals surface area contributed by atoms with Crippen LogP contribution >= 0.6 is 0 Å². The Balaban J connectivity index is 0.0000000971. The van der Waals surface area contributed by atoms with Gasteiger partial charge in [0, 0.05) is 141 Å². The highest BCUT2D eigenvalue weighted by Crippen LogP contribution is 2.45. The minimum atomic E-state index is -0.896. The lowest BCUT2D eigenvalue weighted by atomic mass is 9.85. The average molecular weight is 1610 g/mol. The second-order valence-corrected chi connectivity index (χ2v) is 32.4. The standard InChI is InChI=1S/C22H18N2O2.C21H18N2O2.C20H17N3O.C20H18N2O.C19H17N5/c25-22(26)14-7-5-13(6-8-14)21-16-4-2-1-3-15(16)20-17-11-12-23-18(17)9-10-19(20)24-21;24-13-9-12(10-14(25)11-13)21-16-4-2-1-3-15(16)20-17-7-8-22-18(17)5-6-19(20)23-21;24-12-5-6-18(22-11-12)20-14-4-2-1-3-13(14)19-15-9-10-21-16(15)7-8-17(19)23-20;1-3-15-12(2)20(13-4-6-14(23)7-5-13)22-18-9-8-17-16(19(15)18)10-11-21-17;20-17-8-5-11(9-21-17)19-13-4-2-1-3-12(13)18-14-10-22-24-15(14)6-7-16(18)23-19/h5-12,24H,1-4H2,(H,25,26);5-11,23-25H,1-4H2;5-11,23-24H,1-4H2;4-11,22-23H,3H2,1-2H3;5-10H,1-4H2,(H2,20,21)(H,22,24). The maximum atomic E-state index is 11.1. The lowest BCUT2D eigenvalue weighted by molar-refractivity contribution is 0.0696. The molecule has 122 heavy (non-hydrogen) atoms. The Hall–Kier alpha value is -14.8. The first kappa shape index (κ1) is 75.9. The average Bonchev–Trinajstić information content (AvgIpc) is 1.34. The van der Waals surface area contributed by atoms with Crippen molar-refractivity contribution in [1.82, 2.24) is 65.0 Å². The highest BCUT2D eigenvalue weighted by Gasteiger charge is 2.27. The van der Waals surface area contributed by atoms with Crippen LogP contribution < -0.4 is 5.73 Å². The second kappa shape index (κ2) is 31.8. The molecule has 0 atom stereocenters. The number of benzene rings is 8. The first-order valence-corrected chi connectivity index (χ1v) is 42.2. The van der Waals surface area contributed by atoms with Crippen molar-refractivity contribution in [3.8, 4) is 79.4 Å². The molecule has 602 valence electrons. The predicted molar refractivity (Wildman–Crippen MR) is 487 cm³/mol. The molecule has 20 nitrogen and oxygen atoms in total. The van der Waals surface area contributed by atoms with Crippen molar-refractivity contribution in [3.63, 3.8) is 0 Å². The topological polar surface area (TPSA) is 326 Å². The van der Waals surface area contributed by atoms with Crippen LogP contribution in [-0.2, 0) is 57.8 Å². The summed E-state index contributed by atoms with van der Waals surface area (Å²) < 4.78 is 0. The van der Waals surface area contributed by atoms with E-state index in [9.17, 15) is 25.2 Å². The number of anilines is 1. The van der Waals surface area contributed by atoms with E-state index < -0.39 is 5.97 Å². The molecule has 0 spiro atoms. The first-order valence-electron chi connectivity index (χ1n) is 42.2. The quantitative estimate of drug-likeness (QED) is 0.0706. The Morgan fingerprint density at radius 3 is 1.29 bits per heavy atom. The highest BCUT2D eigenvalue weighted by molar-refractivity contribution is 6.13. The van der Waals surface area contributed by atoms with E-state index >= 15 is 0 Å². The molecule has 4 aliphatic rings. The van der Waals surface area contributed by atoms with Crippen molar-refractivity contribution in [2.24, 2.45) is 0 Å². The van der Waals surface area contributed by atoms with Crippen LogP contribution in [0.5, 0.6) is 23.0 Å². The van der Waals surface area contributed by atoms with Crippen LogP contribution in [-0.4, -0.2) is 96.5 Å². The van der Waals surface area contributed by atoms with Gasteiger partial charge in [-0.05, 0) is 341 Å². The molecule has 0 aliphatic heterocycles. The number of aromatic amines is 5. The van der Waals surface area contributed by atoms with E-state index in [1.54, 1.807) is 42.5 Å². The number of carbonyl (C=O) groups is 1. The van der Waals surface area contributed by atoms with Gasteiger partial charge in [0.05, 0.1) is 68.1 Å². The van der Waals surface area contributed by atoms with Crippen molar-refractivity contribution in [1.29, 1.82) is 0 Å². The SMILES string of the molecule is CCc1c(C)c(-c2ccc(O)cc2)[nH]c2ccc3nccc3c12.Nc1ccc(-c2nc3ccc4[nH]ncc4c3c3c2CCCC3)cn1.O=C(O)c1ccc(-c2[nH]c3ccc4nccc4c3c3c2CCCC3)cc1.Oc1cc(O)cc(-c2[nH]c3ccc4nccc4c3c3c2CCCC3)c1.Oc1ccc(-c2[nH]c3ccc4nccc4c3c3c2CCCC3)nc1. The number of fused-ring (bicyclic) bond motifs is 23. The van der Waals surface area contributed by atoms with Gasteiger partial charge in [-0.15, -0.1) is 0 Å². The summed E-state index contributed by atoms with van der Waals surface area (Å²) in [6, 6.07) is 55.8. The Morgan fingerprint density at radius 1 is 0.361 bits per heavy atom. The fourth-order valence-corrected chi connectivity index (χ4v) is 19.6. The maximum absolute atomic E-state index is 11.1. The van der Waals surface area contributed by atoms with Crippen LogP contribution in [0.3, 0.4) is 0 Å². The molecular weight excluding hydrogens is 1520 g/mol. The van der Waals surface area contributed by atoms with Gasteiger partial charge < -0.3 is 51.2 Å². The molecule has 0 saturated carbocycles. The van der Waals surface area contributed by atoms with E-state index in [0.717, 1.165) is 176 Å². The number of nitrogens with zero attached hydrogens (tertiary/aromatic N) is 8. The number of aromatic carboxylic acids is 1. The molecule has 0 saturated heterocycles. The molecule has 4 aliphatic carbocycles. The van der Waals surface area contributed by atoms with Gasteiger partial charge >= 0.3 is 5.97 Å². The summed E-state index contributed by atoms with van der Waals surface area (Å²) in [4.78, 5) is 56.9. The van der Waals surface area contributed by atoms with Gasteiger partial charge in [0.2, 0.25) is 0 Å². The van der Waals surface area contributed by atoms with E-state index in [2.05, 4.69) is 153 Å². The van der Waals surface area contributed by atoms with E-state index in [0.29, 0.717) is 11.4 Å². The predicted octanol–water partition coefficient (Wildman–Crippen LogP) is 22.6. The molecule has 20 heteroatoms. The molecule has 20 aromatic rings. The van der Waals surface area contributed by atoms with Crippen molar-refractivity contribution >= 4 is 121 Å². The summed E-state index contributed by atoms with van der Waals surface area (Å²) >= 11 is 0. The van der Waals surface area contributed by atoms with Crippen LogP contribution in [0.2, 0.25) is 0 Å². The van der Waals surface area contributed by atoms with Crippen LogP contribution in [0.4, 0.5) is 5.82 Å². The molecule has 0 unspecified atom stereocenters. The van der Waals surface area contributed by atoms with E-state index in [-0.39, 0.29) is 23.0 Å². The smallest absolute Gasteiger partial charge is 0.335 e. The van der Waals surface area contributed by atoms with Crippen molar-refractivity contribution in [2.45, 2.75) is 123 Å². The summed E-state index contributed by atoms with van der Waals surface area (Å²) in [5.74, 6) is 0.263. The third-order valence-electron chi connectivity index (χ3n) is 25.2. The third kappa shape index (κ3) is 13.9. The number of carboxylic acid groups (broad SMARTS) is 1. The Morgan fingerprint density at radius 2 is 0.787 bits per heavy atom. The number of rotatable bonds is 7. The largest absolute Gasteiger partial charge is 0.508 e. The minimum absolute atomic E-state index is 0.0729. The summed E-state index contributed by atoms with van der Waals surface area (Å²) in [6.45, 7) is 4.35. The summed E-state index contributed by atoms with van der Waals surface area (Å²) in [5.41, 5.74) is 40.5. The zero-order valence-corrected chi connectivity index (χ0v) is 67.6. The molecular formula is C102H88N14O6. The molecule has 24 rings (SSSR count). The number of hydrogen-bond donors (Lipinski definition) is 11. The van der Waals surface area contributed by atoms with Crippen LogP contribution in [0.15, 0.2) is 219 Å². The molecule has 0 bridgehead atoms. The van der Waals surface area contributed by atoms with Crippen LogP contribution in [0.1, 0.15) is 124 Å². The molecule has 0 fully saturated rings. The van der Waals surface area contributed by atoms with Crippen molar-refractivity contribution in [2.75, 3.05) is 5.73 Å². The van der Waals surface area contributed by atoms with Gasteiger partial charge in [0.15, 0.2) is 0 Å². The molecule has 0 amide bonds. The van der Waals surface area contributed by atoms with Crippen molar-refractivity contribution in [3.05, 3.63) is 281 Å². The number of phenolic OH excluding ortho intramolecular Hbond substituents is 3. The molecule has 0 radical (unpaired) electrons. The number of nitrogens with one attached hydrogen (secondary N) is 5. The maximum Gasteiger partial charge on any atom is 0.335 e. The number of aromatic hydroxyl groups is 4. The zero-order valence-electron chi connectivity index (χ0n) is 67.6. The molecule has 8 aromatic carbocycles. The van der Waals surface area contributed by atoms with Crippen LogP contribution in [0.25, 0.3) is 165 Å². The van der Waals surface area contributed by atoms with Gasteiger partial charge in [-0.3, -0.25) is 30.0 Å². The Labute approximate surface area is 700 Å².